The topological polar surface area (TPSA) is 121 Å². The molecule has 1 fully saturated rings. The first kappa shape index (κ1) is 19.3. The minimum absolute atomic E-state index is 0.0631. The molecule has 0 amide bonds. The van der Waals surface area contributed by atoms with Gasteiger partial charge in [0, 0.05) is 32.2 Å². The highest BCUT2D eigenvalue weighted by Gasteiger charge is 2.32. The molecule has 0 bridgehead atoms. The average molecular weight is 433 g/mol. The second-order valence-corrected chi connectivity index (χ2v) is 9.92. The number of nitrogens with zero attached hydrogens (tertiary/aromatic N) is 7. The Kier molecular flexibility index (Phi) is 4.45. The molecule has 0 radical (unpaired) electrons. The van der Waals surface area contributed by atoms with Gasteiger partial charge < -0.3 is 15.3 Å². The molecule has 5 rings (SSSR count). The summed E-state index contributed by atoms with van der Waals surface area (Å²) in [6, 6.07) is 3.67. The number of hydrogen-bond acceptors (Lipinski definition) is 8. The second-order valence-electron chi connectivity index (χ2n) is 7.93. The first-order valence-corrected chi connectivity index (χ1v) is 11.6. The third-order valence-electron chi connectivity index (χ3n) is 5.88. The number of rotatable bonds is 4. The van der Waals surface area contributed by atoms with E-state index < -0.39 is 16.1 Å². The second kappa shape index (κ2) is 6.93. The first-order valence-electron chi connectivity index (χ1n) is 9.79. The lowest BCUT2D eigenvalue weighted by atomic mass is 10.0. The Balaban J connectivity index is 1.35. The van der Waals surface area contributed by atoms with Gasteiger partial charge in [0.2, 0.25) is 16.0 Å². The fourth-order valence-electron chi connectivity index (χ4n) is 4.18. The SMILES string of the molecule is Cn1ncc2c1CN(c1ccc3cnc(N[C@@H]4CCN(S(C)(=O)=O)C[C@H]4O)nn13)C2. The van der Waals surface area contributed by atoms with Crippen molar-refractivity contribution in [3.63, 3.8) is 0 Å². The smallest absolute Gasteiger partial charge is 0.241 e. The van der Waals surface area contributed by atoms with Crippen LogP contribution in [0.5, 0.6) is 0 Å². The van der Waals surface area contributed by atoms with Crippen LogP contribution in [-0.4, -0.2) is 73.7 Å². The largest absolute Gasteiger partial charge is 0.390 e. The Morgan fingerprint density at radius 3 is 2.80 bits per heavy atom. The van der Waals surface area contributed by atoms with Crippen LogP contribution in [0.1, 0.15) is 17.7 Å². The van der Waals surface area contributed by atoms with Gasteiger partial charge in [-0.15, -0.1) is 5.10 Å². The number of piperidine rings is 1. The molecule has 1 saturated heterocycles. The highest BCUT2D eigenvalue weighted by atomic mass is 32.2. The molecule has 30 heavy (non-hydrogen) atoms. The van der Waals surface area contributed by atoms with E-state index in [9.17, 15) is 13.5 Å². The van der Waals surface area contributed by atoms with Crippen molar-refractivity contribution >= 4 is 27.3 Å². The summed E-state index contributed by atoms with van der Waals surface area (Å²) in [6.45, 7) is 1.94. The average Bonchev–Trinajstić information content (AvgIpc) is 3.38. The van der Waals surface area contributed by atoms with E-state index in [0.717, 1.165) is 30.7 Å². The molecule has 0 saturated carbocycles. The third-order valence-corrected chi connectivity index (χ3v) is 7.15. The van der Waals surface area contributed by atoms with Crippen molar-refractivity contribution in [2.45, 2.75) is 31.7 Å². The van der Waals surface area contributed by atoms with E-state index in [1.54, 1.807) is 6.20 Å². The monoisotopic (exact) mass is 432 g/mol. The molecule has 0 aromatic carbocycles. The van der Waals surface area contributed by atoms with Crippen LogP contribution in [0.15, 0.2) is 24.5 Å². The highest BCUT2D eigenvalue weighted by Crippen LogP contribution is 2.29. The predicted molar refractivity (Wildman–Crippen MR) is 111 cm³/mol. The van der Waals surface area contributed by atoms with Gasteiger partial charge >= 0.3 is 0 Å². The number of aromatic nitrogens is 5. The van der Waals surface area contributed by atoms with Crippen molar-refractivity contribution in [1.29, 1.82) is 0 Å². The van der Waals surface area contributed by atoms with Crippen LogP contribution < -0.4 is 10.2 Å². The number of sulfonamides is 1. The molecule has 12 heteroatoms. The Morgan fingerprint density at radius 1 is 1.23 bits per heavy atom. The fourth-order valence-corrected chi connectivity index (χ4v) is 5.04. The van der Waals surface area contributed by atoms with Crippen molar-refractivity contribution in [3.05, 3.63) is 35.8 Å². The maximum absolute atomic E-state index is 11.7. The standard InChI is InChI=1S/C18H24N8O3S/c1-23-15-10-24(9-12(15)7-20-23)17-4-3-13-8-19-18(22-26(13)17)21-14-5-6-25(11-16(14)27)30(2,28)29/h3-4,7-8,14,16,27H,5-6,9-11H2,1-2H3,(H,21,22)/t14-,16-/m1/s1. The van der Waals surface area contributed by atoms with Crippen LogP contribution in [0.3, 0.4) is 0 Å². The zero-order valence-electron chi connectivity index (χ0n) is 16.8. The zero-order chi connectivity index (χ0) is 21.0. The van der Waals surface area contributed by atoms with Crippen molar-refractivity contribution in [2.75, 3.05) is 29.6 Å². The molecular weight excluding hydrogens is 408 g/mol. The molecule has 2 atom stereocenters. The summed E-state index contributed by atoms with van der Waals surface area (Å²) in [4.78, 5) is 6.60. The van der Waals surface area contributed by atoms with E-state index >= 15 is 0 Å². The van der Waals surface area contributed by atoms with E-state index in [0.29, 0.717) is 18.9 Å². The zero-order valence-corrected chi connectivity index (χ0v) is 17.6. The fraction of sp³-hybridized carbons (Fsp3) is 0.500. The van der Waals surface area contributed by atoms with E-state index in [-0.39, 0.29) is 12.6 Å². The van der Waals surface area contributed by atoms with Crippen LogP contribution in [-0.2, 0) is 30.2 Å². The van der Waals surface area contributed by atoms with E-state index in [1.165, 1.54) is 15.6 Å². The van der Waals surface area contributed by atoms with E-state index in [1.807, 2.05) is 34.6 Å². The molecule has 3 aromatic rings. The van der Waals surface area contributed by atoms with Gasteiger partial charge in [0.1, 0.15) is 5.82 Å². The maximum Gasteiger partial charge on any atom is 0.241 e. The summed E-state index contributed by atoms with van der Waals surface area (Å²) in [5.74, 6) is 1.36. The van der Waals surface area contributed by atoms with Crippen LogP contribution in [0.25, 0.3) is 5.52 Å². The van der Waals surface area contributed by atoms with E-state index in [2.05, 4.69) is 25.4 Å². The van der Waals surface area contributed by atoms with Crippen LogP contribution in [0.2, 0.25) is 0 Å². The number of anilines is 2. The Bertz CT molecular complexity index is 1200. The summed E-state index contributed by atoms with van der Waals surface area (Å²) in [5.41, 5.74) is 3.27. The first-order chi connectivity index (χ1) is 14.3. The lowest BCUT2D eigenvalue weighted by Crippen LogP contribution is -2.51. The van der Waals surface area contributed by atoms with Gasteiger partial charge in [-0.25, -0.2) is 17.9 Å². The summed E-state index contributed by atoms with van der Waals surface area (Å²) in [6.07, 6.45) is 4.43. The van der Waals surface area contributed by atoms with Crippen molar-refractivity contribution < 1.29 is 13.5 Å². The Labute approximate surface area is 174 Å². The summed E-state index contributed by atoms with van der Waals surface area (Å²) in [5, 5.41) is 22.5. The van der Waals surface area contributed by atoms with Gasteiger partial charge in [-0.3, -0.25) is 4.68 Å². The van der Waals surface area contributed by atoms with Gasteiger partial charge in [0.25, 0.3) is 0 Å². The minimum Gasteiger partial charge on any atom is -0.390 e. The number of fused-ring (bicyclic) bond motifs is 2. The molecule has 160 valence electrons. The summed E-state index contributed by atoms with van der Waals surface area (Å²) >= 11 is 0. The number of aliphatic hydroxyl groups is 1. The van der Waals surface area contributed by atoms with Crippen molar-refractivity contribution in [2.24, 2.45) is 7.05 Å². The molecule has 2 aliphatic rings. The molecule has 0 spiro atoms. The molecule has 2 aliphatic heterocycles. The molecule has 0 aliphatic carbocycles. The molecule has 11 nitrogen and oxygen atoms in total. The lowest BCUT2D eigenvalue weighted by molar-refractivity contribution is 0.0950. The minimum atomic E-state index is -3.31. The number of β-amino-alcohol motifs (C(OH)–C–C–N with tert-alkyl or cyclic N) is 1. The van der Waals surface area contributed by atoms with Gasteiger partial charge in [-0.1, -0.05) is 0 Å². The van der Waals surface area contributed by atoms with Gasteiger partial charge in [-0.2, -0.15) is 9.40 Å². The molecular formula is C18H24N8O3S. The van der Waals surface area contributed by atoms with Crippen molar-refractivity contribution in [3.8, 4) is 0 Å². The summed E-state index contributed by atoms with van der Waals surface area (Å²) < 4.78 is 28.5. The van der Waals surface area contributed by atoms with Crippen LogP contribution in [0.4, 0.5) is 11.8 Å². The maximum atomic E-state index is 11.7. The number of nitrogens with one attached hydrogen (secondary N) is 1. The molecule has 0 unspecified atom stereocenters. The Hall–Kier alpha value is -2.70. The van der Waals surface area contributed by atoms with Gasteiger partial charge in [0.15, 0.2) is 0 Å². The number of hydrogen-bond donors (Lipinski definition) is 2. The lowest BCUT2D eigenvalue weighted by Gasteiger charge is -2.34. The van der Waals surface area contributed by atoms with Gasteiger partial charge in [0.05, 0.1) is 48.6 Å². The quantitative estimate of drug-likeness (QED) is 0.581. The molecule has 3 aromatic heterocycles. The molecule has 5 heterocycles. The predicted octanol–water partition coefficient (Wildman–Crippen LogP) is -0.210. The normalized spacial score (nSPS) is 22.6. The third kappa shape index (κ3) is 3.30. The van der Waals surface area contributed by atoms with Crippen LogP contribution in [0, 0.1) is 0 Å². The number of aryl methyl sites for hydroxylation is 1. The van der Waals surface area contributed by atoms with Crippen LogP contribution >= 0.6 is 0 Å². The van der Waals surface area contributed by atoms with Crippen molar-refractivity contribution in [1.82, 2.24) is 28.7 Å². The molecule has 2 N–H and O–H groups in total. The highest BCUT2D eigenvalue weighted by molar-refractivity contribution is 7.88. The Morgan fingerprint density at radius 2 is 2.07 bits per heavy atom. The van der Waals surface area contributed by atoms with E-state index in [4.69, 9.17) is 0 Å². The number of aliphatic hydroxyl groups excluding tert-OH is 1. The summed E-state index contributed by atoms with van der Waals surface area (Å²) in [7, 11) is -1.37. The van der Waals surface area contributed by atoms with Gasteiger partial charge in [-0.05, 0) is 18.6 Å².